The highest BCUT2D eigenvalue weighted by Crippen LogP contribution is 2.15. The molecule has 0 unspecified atom stereocenters. The molecule has 0 aliphatic heterocycles. The molecule has 1 amide bonds. The maximum atomic E-state index is 13.0. The largest absolute Gasteiger partial charge is 0.492 e. The van der Waals surface area contributed by atoms with Gasteiger partial charge < -0.3 is 9.64 Å². The number of pyridine rings is 1. The fourth-order valence-electron chi connectivity index (χ4n) is 1.69. The lowest BCUT2D eigenvalue weighted by Gasteiger charge is -2.17. The Morgan fingerprint density at radius 1 is 1.33 bits per heavy atom. The normalized spacial score (nSPS) is 10.2. The molecule has 0 saturated heterocycles. The van der Waals surface area contributed by atoms with Gasteiger partial charge in [0.1, 0.15) is 12.4 Å². The van der Waals surface area contributed by atoms with Gasteiger partial charge in [0.05, 0.1) is 6.54 Å². The quantitative estimate of drug-likeness (QED) is 0.797. The number of carbonyl (C=O) groups is 1. The maximum absolute atomic E-state index is 13.0. The molecule has 1 heterocycles. The molecule has 0 atom stereocenters. The van der Waals surface area contributed by atoms with Crippen LogP contribution in [0.3, 0.4) is 0 Å². The third-order valence-electron chi connectivity index (χ3n) is 2.83. The third-order valence-corrected chi connectivity index (χ3v) is 3.08. The van der Waals surface area contributed by atoms with Crippen molar-refractivity contribution in [2.75, 3.05) is 20.2 Å². The molecule has 0 spiro atoms. The van der Waals surface area contributed by atoms with Crippen molar-refractivity contribution in [3.63, 3.8) is 0 Å². The monoisotopic (exact) mass is 308 g/mol. The van der Waals surface area contributed by atoms with E-state index in [1.165, 1.54) is 17.2 Å². The van der Waals surface area contributed by atoms with Crippen LogP contribution in [0.1, 0.15) is 10.4 Å². The Kier molecular flexibility index (Phi) is 5.11. The molecule has 110 valence electrons. The van der Waals surface area contributed by atoms with E-state index < -0.39 is 5.95 Å². The number of aromatic nitrogens is 1. The summed E-state index contributed by atoms with van der Waals surface area (Å²) >= 11 is 5.77. The van der Waals surface area contributed by atoms with Gasteiger partial charge in [0, 0.05) is 29.9 Å². The smallest absolute Gasteiger partial charge is 0.253 e. The van der Waals surface area contributed by atoms with Crippen LogP contribution in [0.4, 0.5) is 4.39 Å². The first-order valence-electron chi connectivity index (χ1n) is 6.31. The van der Waals surface area contributed by atoms with Gasteiger partial charge in [-0.25, -0.2) is 4.98 Å². The van der Waals surface area contributed by atoms with Crippen LogP contribution in [-0.4, -0.2) is 36.0 Å². The summed E-state index contributed by atoms with van der Waals surface area (Å²) in [6, 6.07) is 9.54. The maximum Gasteiger partial charge on any atom is 0.253 e. The van der Waals surface area contributed by atoms with Crippen LogP contribution in [0.2, 0.25) is 5.02 Å². The summed E-state index contributed by atoms with van der Waals surface area (Å²) in [6.07, 6.45) is 1.26. The molecule has 0 saturated carbocycles. The number of benzene rings is 1. The zero-order valence-corrected chi connectivity index (χ0v) is 12.2. The number of carbonyl (C=O) groups excluding carboxylic acids is 1. The minimum Gasteiger partial charge on any atom is -0.492 e. The van der Waals surface area contributed by atoms with Crippen LogP contribution in [-0.2, 0) is 0 Å². The Morgan fingerprint density at radius 3 is 2.71 bits per heavy atom. The highest BCUT2D eigenvalue weighted by molar-refractivity contribution is 6.30. The fraction of sp³-hybridized carbons (Fsp3) is 0.200. The van der Waals surface area contributed by atoms with Gasteiger partial charge in [-0.2, -0.15) is 4.39 Å². The Labute approximate surface area is 127 Å². The molecular formula is C15H14ClFN2O2. The van der Waals surface area contributed by atoms with Crippen LogP contribution >= 0.6 is 11.6 Å². The van der Waals surface area contributed by atoms with Crippen LogP contribution in [0, 0.1) is 5.95 Å². The van der Waals surface area contributed by atoms with Crippen LogP contribution < -0.4 is 4.74 Å². The minimum absolute atomic E-state index is 0.261. The Morgan fingerprint density at radius 2 is 2.05 bits per heavy atom. The zero-order valence-electron chi connectivity index (χ0n) is 11.4. The van der Waals surface area contributed by atoms with E-state index in [9.17, 15) is 9.18 Å². The van der Waals surface area contributed by atoms with E-state index in [2.05, 4.69) is 4.98 Å². The topological polar surface area (TPSA) is 42.4 Å². The summed E-state index contributed by atoms with van der Waals surface area (Å²) in [7, 11) is 1.63. The second kappa shape index (κ2) is 7.04. The predicted octanol–water partition coefficient (Wildman–Crippen LogP) is 3.03. The van der Waals surface area contributed by atoms with Gasteiger partial charge in [-0.05, 0) is 30.3 Å². The molecular weight excluding hydrogens is 295 g/mol. The minimum atomic E-state index is -0.674. The predicted molar refractivity (Wildman–Crippen MR) is 78.1 cm³/mol. The van der Waals surface area contributed by atoms with Crippen LogP contribution in [0.15, 0.2) is 42.6 Å². The molecule has 0 bridgehead atoms. The van der Waals surface area contributed by atoms with E-state index in [4.69, 9.17) is 16.3 Å². The number of rotatable bonds is 5. The van der Waals surface area contributed by atoms with Gasteiger partial charge >= 0.3 is 0 Å². The van der Waals surface area contributed by atoms with Crippen LogP contribution in [0.25, 0.3) is 0 Å². The van der Waals surface area contributed by atoms with Crippen molar-refractivity contribution in [3.8, 4) is 5.75 Å². The summed E-state index contributed by atoms with van der Waals surface area (Å²) in [5.74, 6) is -0.280. The molecule has 6 heteroatoms. The molecule has 4 nitrogen and oxygen atoms in total. The molecule has 0 fully saturated rings. The number of nitrogens with zero attached hydrogens (tertiary/aromatic N) is 2. The number of amides is 1. The lowest BCUT2D eigenvalue weighted by Crippen LogP contribution is -2.31. The third kappa shape index (κ3) is 4.43. The van der Waals surface area contributed by atoms with Crippen LogP contribution in [0.5, 0.6) is 5.75 Å². The summed E-state index contributed by atoms with van der Waals surface area (Å²) in [4.78, 5) is 16.9. The Bertz CT molecular complexity index is 619. The van der Waals surface area contributed by atoms with Gasteiger partial charge in [0.25, 0.3) is 5.91 Å². The Hall–Kier alpha value is -2.14. The lowest BCUT2D eigenvalue weighted by atomic mass is 10.2. The van der Waals surface area contributed by atoms with Gasteiger partial charge in [-0.1, -0.05) is 11.6 Å². The summed E-state index contributed by atoms with van der Waals surface area (Å²) < 4.78 is 18.5. The van der Waals surface area contributed by atoms with E-state index in [0.717, 1.165) is 6.07 Å². The second-order valence-electron chi connectivity index (χ2n) is 4.40. The van der Waals surface area contributed by atoms with Gasteiger partial charge in [-0.3, -0.25) is 4.79 Å². The van der Waals surface area contributed by atoms with E-state index in [0.29, 0.717) is 23.9 Å². The summed E-state index contributed by atoms with van der Waals surface area (Å²) in [5, 5.41) is 0.634. The lowest BCUT2D eigenvalue weighted by molar-refractivity contribution is 0.0773. The SMILES string of the molecule is CN(CCOc1ccc(Cl)cc1)C(=O)c1ccnc(F)c1. The van der Waals surface area contributed by atoms with Crippen molar-refractivity contribution in [3.05, 3.63) is 59.1 Å². The van der Waals surface area contributed by atoms with Crippen molar-refractivity contribution in [2.45, 2.75) is 0 Å². The molecule has 0 radical (unpaired) electrons. The van der Waals surface area contributed by atoms with Crippen molar-refractivity contribution in [1.29, 1.82) is 0 Å². The highest BCUT2D eigenvalue weighted by Gasteiger charge is 2.12. The molecule has 0 aliphatic rings. The first kappa shape index (κ1) is 15.3. The van der Waals surface area contributed by atoms with Crippen molar-refractivity contribution in [2.24, 2.45) is 0 Å². The number of ether oxygens (including phenoxy) is 1. The summed E-state index contributed by atoms with van der Waals surface area (Å²) in [5.41, 5.74) is 0.261. The van der Waals surface area contributed by atoms with Gasteiger partial charge in [-0.15, -0.1) is 0 Å². The Balaban J connectivity index is 1.85. The average Bonchev–Trinajstić information content (AvgIpc) is 2.48. The van der Waals surface area contributed by atoms with Crippen molar-refractivity contribution < 1.29 is 13.9 Å². The molecule has 2 aromatic rings. The van der Waals surface area contributed by atoms with E-state index in [1.54, 1.807) is 31.3 Å². The first-order chi connectivity index (χ1) is 10.1. The fourth-order valence-corrected chi connectivity index (χ4v) is 1.81. The van der Waals surface area contributed by atoms with Gasteiger partial charge in [0.2, 0.25) is 5.95 Å². The molecule has 1 aromatic heterocycles. The number of hydrogen-bond donors (Lipinski definition) is 0. The van der Waals surface area contributed by atoms with E-state index >= 15 is 0 Å². The average molecular weight is 309 g/mol. The first-order valence-corrected chi connectivity index (χ1v) is 6.69. The van der Waals surface area contributed by atoms with Gasteiger partial charge in [0.15, 0.2) is 0 Å². The number of hydrogen-bond acceptors (Lipinski definition) is 3. The second-order valence-corrected chi connectivity index (χ2v) is 4.83. The van der Waals surface area contributed by atoms with Crippen molar-refractivity contribution >= 4 is 17.5 Å². The molecule has 1 aromatic carbocycles. The molecule has 21 heavy (non-hydrogen) atoms. The highest BCUT2D eigenvalue weighted by atomic mass is 35.5. The van der Waals surface area contributed by atoms with E-state index in [-0.39, 0.29) is 11.5 Å². The molecule has 0 N–H and O–H groups in total. The number of halogens is 2. The number of likely N-dealkylation sites (N-methyl/N-ethyl adjacent to an activating group) is 1. The standard InChI is InChI=1S/C15H14ClFN2O2/c1-19(15(20)11-6-7-18-14(17)10-11)8-9-21-13-4-2-12(16)3-5-13/h2-7,10H,8-9H2,1H3. The molecule has 2 rings (SSSR count). The summed E-state index contributed by atoms with van der Waals surface area (Å²) in [6.45, 7) is 0.711. The zero-order chi connectivity index (χ0) is 15.2. The van der Waals surface area contributed by atoms with Crippen molar-refractivity contribution in [1.82, 2.24) is 9.88 Å². The molecule has 0 aliphatic carbocycles. The van der Waals surface area contributed by atoms with E-state index in [1.807, 2.05) is 0 Å².